The average molecular weight is 214 g/mol. The molecule has 82 valence electrons. The van der Waals surface area contributed by atoms with E-state index in [9.17, 15) is 5.11 Å². The van der Waals surface area contributed by atoms with Crippen LogP contribution in [0.5, 0.6) is 5.75 Å². The van der Waals surface area contributed by atoms with Crippen LogP contribution >= 0.6 is 0 Å². The van der Waals surface area contributed by atoms with E-state index in [1.54, 1.807) is 18.2 Å². The summed E-state index contributed by atoms with van der Waals surface area (Å²) in [6.07, 6.45) is 2.37. The standard InChI is InChI=1S/C14H14O2/c1-3-13-6-7-14(16-13)9-11-8-12(15)5-4-10(11)2/h3-8,15H,1,9H2,2H3. The van der Waals surface area contributed by atoms with Gasteiger partial charge in [-0.2, -0.15) is 0 Å². The molecule has 0 saturated heterocycles. The summed E-state index contributed by atoms with van der Waals surface area (Å²) in [6.45, 7) is 5.67. The highest BCUT2D eigenvalue weighted by molar-refractivity contribution is 5.41. The number of phenols is 1. The van der Waals surface area contributed by atoms with E-state index in [0.717, 1.165) is 22.6 Å². The van der Waals surface area contributed by atoms with Crippen molar-refractivity contribution in [3.8, 4) is 5.75 Å². The molecule has 0 radical (unpaired) electrons. The zero-order valence-electron chi connectivity index (χ0n) is 9.23. The highest BCUT2D eigenvalue weighted by Gasteiger charge is 2.04. The number of rotatable bonds is 3. The zero-order chi connectivity index (χ0) is 11.5. The van der Waals surface area contributed by atoms with Crippen molar-refractivity contribution in [2.45, 2.75) is 13.3 Å². The molecule has 16 heavy (non-hydrogen) atoms. The van der Waals surface area contributed by atoms with Crippen LogP contribution in [0.2, 0.25) is 0 Å². The van der Waals surface area contributed by atoms with Crippen molar-refractivity contribution in [1.29, 1.82) is 0 Å². The number of aryl methyl sites for hydroxylation is 1. The molecule has 2 aromatic rings. The minimum Gasteiger partial charge on any atom is -0.508 e. The topological polar surface area (TPSA) is 33.4 Å². The van der Waals surface area contributed by atoms with Gasteiger partial charge in [0.1, 0.15) is 17.3 Å². The maximum absolute atomic E-state index is 9.42. The van der Waals surface area contributed by atoms with E-state index < -0.39 is 0 Å². The lowest BCUT2D eigenvalue weighted by Gasteiger charge is -2.04. The monoisotopic (exact) mass is 214 g/mol. The molecule has 0 aliphatic rings. The first-order valence-corrected chi connectivity index (χ1v) is 5.18. The summed E-state index contributed by atoms with van der Waals surface area (Å²) >= 11 is 0. The Hall–Kier alpha value is -1.96. The molecule has 0 atom stereocenters. The van der Waals surface area contributed by atoms with Crippen LogP contribution in [0.15, 0.2) is 41.3 Å². The SMILES string of the molecule is C=Cc1ccc(Cc2cc(O)ccc2C)o1. The second-order valence-corrected chi connectivity index (χ2v) is 3.80. The van der Waals surface area contributed by atoms with Gasteiger partial charge in [-0.15, -0.1) is 0 Å². The Morgan fingerprint density at radius 3 is 2.81 bits per heavy atom. The third-order valence-electron chi connectivity index (χ3n) is 2.58. The van der Waals surface area contributed by atoms with Gasteiger partial charge in [-0.1, -0.05) is 12.6 Å². The Bertz CT molecular complexity index is 509. The molecule has 0 bridgehead atoms. The quantitative estimate of drug-likeness (QED) is 0.847. The minimum atomic E-state index is 0.288. The minimum absolute atomic E-state index is 0.288. The van der Waals surface area contributed by atoms with E-state index >= 15 is 0 Å². The number of aromatic hydroxyl groups is 1. The summed E-state index contributed by atoms with van der Waals surface area (Å²) in [5.74, 6) is 1.94. The van der Waals surface area contributed by atoms with E-state index in [4.69, 9.17) is 4.42 Å². The molecule has 0 fully saturated rings. The van der Waals surface area contributed by atoms with Gasteiger partial charge in [0, 0.05) is 6.42 Å². The maximum Gasteiger partial charge on any atom is 0.126 e. The van der Waals surface area contributed by atoms with Gasteiger partial charge in [0.2, 0.25) is 0 Å². The van der Waals surface area contributed by atoms with Gasteiger partial charge in [0.05, 0.1) is 0 Å². The van der Waals surface area contributed by atoms with Crippen LogP contribution in [0.4, 0.5) is 0 Å². The van der Waals surface area contributed by atoms with Gasteiger partial charge in [0.25, 0.3) is 0 Å². The lowest BCUT2D eigenvalue weighted by molar-refractivity contribution is 0.473. The van der Waals surface area contributed by atoms with Crippen LogP contribution in [-0.2, 0) is 6.42 Å². The van der Waals surface area contributed by atoms with E-state index in [1.165, 1.54) is 0 Å². The number of benzene rings is 1. The number of furan rings is 1. The molecule has 0 unspecified atom stereocenters. The second-order valence-electron chi connectivity index (χ2n) is 3.80. The molecule has 0 aliphatic heterocycles. The third-order valence-corrected chi connectivity index (χ3v) is 2.58. The first-order valence-electron chi connectivity index (χ1n) is 5.18. The molecule has 2 rings (SSSR count). The van der Waals surface area contributed by atoms with Gasteiger partial charge in [-0.25, -0.2) is 0 Å². The highest BCUT2D eigenvalue weighted by atomic mass is 16.3. The maximum atomic E-state index is 9.42. The highest BCUT2D eigenvalue weighted by Crippen LogP contribution is 2.20. The number of hydrogen-bond acceptors (Lipinski definition) is 2. The fraction of sp³-hybridized carbons (Fsp3) is 0.143. The first kappa shape index (κ1) is 10.6. The van der Waals surface area contributed by atoms with Crippen molar-refractivity contribution in [3.63, 3.8) is 0 Å². The van der Waals surface area contributed by atoms with E-state index in [1.807, 2.05) is 25.1 Å². The molecule has 0 saturated carbocycles. The van der Waals surface area contributed by atoms with Gasteiger partial charge >= 0.3 is 0 Å². The van der Waals surface area contributed by atoms with Gasteiger partial charge in [-0.3, -0.25) is 0 Å². The van der Waals surface area contributed by atoms with Crippen LogP contribution in [-0.4, -0.2) is 5.11 Å². The molecule has 1 heterocycles. The summed E-state index contributed by atoms with van der Waals surface area (Å²) in [5, 5.41) is 9.42. The molecular weight excluding hydrogens is 200 g/mol. The fourth-order valence-electron chi connectivity index (χ4n) is 1.64. The van der Waals surface area contributed by atoms with E-state index in [0.29, 0.717) is 6.42 Å². The molecule has 1 N–H and O–H groups in total. The smallest absolute Gasteiger partial charge is 0.126 e. The van der Waals surface area contributed by atoms with Gasteiger partial charge in [0.15, 0.2) is 0 Å². The van der Waals surface area contributed by atoms with Gasteiger partial charge < -0.3 is 9.52 Å². The average Bonchev–Trinajstić information content (AvgIpc) is 2.71. The zero-order valence-corrected chi connectivity index (χ0v) is 9.23. The van der Waals surface area contributed by atoms with Crippen LogP contribution < -0.4 is 0 Å². The Labute approximate surface area is 94.8 Å². The number of phenolic OH excluding ortho intramolecular Hbond substituents is 1. The van der Waals surface area contributed by atoms with Crippen LogP contribution in [0.25, 0.3) is 6.08 Å². The summed E-state index contributed by atoms with van der Waals surface area (Å²) in [4.78, 5) is 0. The van der Waals surface area contributed by atoms with Crippen LogP contribution in [0, 0.1) is 6.92 Å². The molecule has 0 amide bonds. The Morgan fingerprint density at radius 1 is 1.31 bits per heavy atom. The first-order chi connectivity index (χ1) is 7.69. The van der Waals surface area contributed by atoms with Crippen LogP contribution in [0.1, 0.15) is 22.6 Å². The largest absolute Gasteiger partial charge is 0.508 e. The van der Waals surface area contributed by atoms with Crippen LogP contribution in [0.3, 0.4) is 0 Å². The van der Waals surface area contributed by atoms with Gasteiger partial charge in [-0.05, 0) is 48.4 Å². The Kier molecular flexibility index (Phi) is 2.82. The summed E-state index contributed by atoms with van der Waals surface area (Å²) in [6, 6.07) is 9.19. The third kappa shape index (κ3) is 2.16. The summed E-state index contributed by atoms with van der Waals surface area (Å²) in [7, 11) is 0. The van der Waals surface area contributed by atoms with Crippen molar-refractivity contribution >= 4 is 6.08 Å². The van der Waals surface area contributed by atoms with E-state index in [2.05, 4.69) is 6.58 Å². The molecule has 2 nitrogen and oxygen atoms in total. The normalized spacial score (nSPS) is 10.3. The lowest BCUT2D eigenvalue weighted by atomic mass is 10.0. The number of hydrogen-bond donors (Lipinski definition) is 1. The molecular formula is C14H14O2. The second kappa shape index (κ2) is 4.27. The fourth-order valence-corrected chi connectivity index (χ4v) is 1.64. The predicted octanol–water partition coefficient (Wildman–Crippen LogP) is 3.53. The Morgan fingerprint density at radius 2 is 2.12 bits per heavy atom. The molecule has 0 spiro atoms. The molecule has 0 aliphatic carbocycles. The Balaban J connectivity index is 2.26. The molecule has 2 heteroatoms. The van der Waals surface area contributed by atoms with Crippen molar-refractivity contribution < 1.29 is 9.52 Å². The van der Waals surface area contributed by atoms with Crippen molar-refractivity contribution in [1.82, 2.24) is 0 Å². The summed E-state index contributed by atoms with van der Waals surface area (Å²) < 4.78 is 5.53. The summed E-state index contributed by atoms with van der Waals surface area (Å²) in [5.41, 5.74) is 2.22. The molecule has 1 aromatic heterocycles. The van der Waals surface area contributed by atoms with Crippen molar-refractivity contribution in [3.05, 3.63) is 59.6 Å². The van der Waals surface area contributed by atoms with Crippen molar-refractivity contribution in [2.75, 3.05) is 0 Å². The van der Waals surface area contributed by atoms with Crippen molar-refractivity contribution in [2.24, 2.45) is 0 Å². The van der Waals surface area contributed by atoms with E-state index in [-0.39, 0.29) is 5.75 Å². The molecule has 1 aromatic carbocycles. The lowest BCUT2D eigenvalue weighted by Crippen LogP contribution is -1.89. The predicted molar refractivity (Wildman–Crippen MR) is 64.4 cm³/mol.